The van der Waals surface area contributed by atoms with Gasteiger partial charge in [0.15, 0.2) is 0 Å². The van der Waals surface area contributed by atoms with Gasteiger partial charge in [0, 0.05) is 6.54 Å². The molecule has 0 spiro atoms. The van der Waals surface area contributed by atoms with E-state index >= 15 is 0 Å². The number of terminal acetylenes is 1. The lowest BCUT2D eigenvalue weighted by Crippen LogP contribution is -2.21. The van der Waals surface area contributed by atoms with Crippen molar-refractivity contribution in [3.63, 3.8) is 0 Å². The Bertz CT molecular complexity index is 390. The molecule has 0 aromatic heterocycles. The summed E-state index contributed by atoms with van der Waals surface area (Å²) in [5.74, 6) is 3.53. The molecule has 1 aromatic rings. The molecule has 1 N–H and O–H groups in total. The molecular formula is C14H19NO. The van der Waals surface area contributed by atoms with Crippen LogP contribution >= 0.6 is 0 Å². The highest BCUT2D eigenvalue weighted by Crippen LogP contribution is 2.25. The van der Waals surface area contributed by atoms with Gasteiger partial charge in [-0.1, -0.05) is 18.1 Å². The molecule has 0 aliphatic carbocycles. The molecule has 1 aromatic carbocycles. The van der Waals surface area contributed by atoms with Crippen molar-refractivity contribution in [1.29, 1.82) is 0 Å². The minimum atomic E-state index is 0.592. The average Bonchev–Trinajstić information content (AvgIpc) is 2.28. The predicted octanol–water partition coefficient (Wildman–Crippen LogP) is 2.21. The van der Waals surface area contributed by atoms with Crippen LogP contribution < -0.4 is 10.1 Å². The van der Waals surface area contributed by atoms with E-state index in [1.807, 2.05) is 0 Å². The molecule has 0 saturated carbocycles. The number of aryl methyl sites for hydroxylation is 2. The first-order valence-corrected chi connectivity index (χ1v) is 5.50. The van der Waals surface area contributed by atoms with Crippen molar-refractivity contribution in [3.05, 3.63) is 28.8 Å². The van der Waals surface area contributed by atoms with E-state index in [0.29, 0.717) is 13.2 Å². The van der Waals surface area contributed by atoms with Crippen LogP contribution in [0.15, 0.2) is 12.1 Å². The second-order valence-corrected chi connectivity index (χ2v) is 3.88. The van der Waals surface area contributed by atoms with Gasteiger partial charge >= 0.3 is 0 Å². The van der Waals surface area contributed by atoms with E-state index < -0.39 is 0 Å². The first-order valence-electron chi connectivity index (χ1n) is 5.50. The van der Waals surface area contributed by atoms with Gasteiger partial charge in [-0.15, -0.1) is 6.42 Å². The fourth-order valence-electron chi connectivity index (χ4n) is 1.53. The molecular weight excluding hydrogens is 198 g/mol. The number of ether oxygens (including phenoxy) is 1. The monoisotopic (exact) mass is 217 g/mol. The van der Waals surface area contributed by atoms with Crippen LogP contribution in [0.4, 0.5) is 0 Å². The normalized spacial score (nSPS) is 9.88. The molecule has 0 heterocycles. The Morgan fingerprint density at radius 2 is 1.94 bits per heavy atom. The molecule has 0 bridgehead atoms. The molecule has 0 fully saturated rings. The van der Waals surface area contributed by atoms with E-state index in [0.717, 1.165) is 12.3 Å². The van der Waals surface area contributed by atoms with Crippen LogP contribution in [0.1, 0.15) is 16.7 Å². The van der Waals surface area contributed by atoms with Crippen molar-refractivity contribution in [1.82, 2.24) is 5.32 Å². The topological polar surface area (TPSA) is 21.3 Å². The van der Waals surface area contributed by atoms with Gasteiger partial charge < -0.3 is 10.1 Å². The summed E-state index contributed by atoms with van der Waals surface area (Å²) >= 11 is 0. The summed E-state index contributed by atoms with van der Waals surface area (Å²) in [7, 11) is 0. The van der Waals surface area contributed by atoms with Crippen molar-refractivity contribution in [3.8, 4) is 18.1 Å². The predicted molar refractivity (Wildman–Crippen MR) is 67.9 cm³/mol. The van der Waals surface area contributed by atoms with Gasteiger partial charge in [0.1, 0.15) is 12.4 Å². The highest BCUT2D eigenvalue weighted by molar-refractivity contribution is 5.44. The third-order valence-electron chi connectivity index (χ3n) is 2.63. The SMILES string of the molecule is C#CCNCCOc1c(C)ccc(C)c1C. The van der Waals surface area contributed by atoms with Crippen LogP contribution in [0.25, 0.3) is 0 Å². The Morgan fingerprint density at radius 1 is 1.25 bits per heavy atom. The van der Waals surface area contributed by atoms with E-state index in [4.69, 9.17) is 11.2 Å². The molecule has 1 rings (SSSR count). The molecule has 16 heavy (non-hydrogen) atoms. The summed E-state index contributed by atoms with van der Waals surface area (Å²) < 4.78 is 5.76. The Balaban J connectivity index is 2.54. The molecule has 2 nitrogen and oxygen atoms in total. The molecule has 0 atom stereocenters. The fourth-order valence-corrected chi connectivity index (χ4v) is 1.53. The van der Waals surface area contributed by atoms with Gasteiger partial charge in [0.2, 0.25) is 0 Å². The van der Waals surface area contributed by atoms with Crippen LogP contribution in [-0.2, 0) is 0 Å². The lowest BCUT2D eigenvalue weighted by molar-refractivity contribution is 0.312. The maximum atomic E-state index is 5.76. The van der Waals surface area contributed by atoms with Crippen LogP contribution in [0.2, 0.25) is 0 Å². The van der Waals surface area contributed by atoms with Crippen molar-refractivity contribution in [2.75, 3.05) is 19.7 Å². The van der Waals surface area contributed by atoms with Crippen LogP contribution in [0.5, 0.6) is 5.75 Å². The number of hydrogen-bond acceptors (Lipinski definition) is 2. The van der Waals surface area contributed by atoms with Gasteiger partial charge in [-0.25, -0.2) is 0 Å². The highest BCUT2D eigenvalue weighted by Gasteiger charge is 2.05. The minimum Gasteiger partial charge on any atom is -0.492 e. The zero-order valence-corrected chi connectivity index (χ0v) is 10.3. The second kappa shape index (κ2) is 6.19. The smallest absolute Gasteiger partial charge is 0.125 e. The fraction of sp³-hybridized carbons (Fsp3) is 0.429. The first-order chi connectivity index (χ1) is 7.66. The summed E-state index contributed by atoms with van der Waals surface area (Å²) in [5.41, 5.74) is 3.66. The van der Waals surface area contributed by atoms with Gasteiger partial charge in [0.25, 0.3) is 0 Å². The maximum Gasteiger partial charge on any atom is 0.125 e. The largest absolute Gasteiger partial charge is 0.492 e. The maximum absolute atomic E-state index is 5.76. The van der Waals surface area contributed by atoms with Crippen LogP contribution in [-0.4, -0.2) is 19.7 Å². The number of hydrogen-bond donors (Lipinski definition) is 1. The molecule has 0 radical (unpaired) electrons. The Labute approximate surface area is 98.0 Å². The molecule has 0 amide bonds. The van der Waals surface area contributed by atoms with Crippen molar-refractivity contribution in [2.24, 2.45) is 0 Å². The van der Waals surface area contributed by atoms with E-state index in [9.17, 15) is 0 Å². The van der Waals surface area contributed by atoms with Crippen LogP contribution in [0.3, 0.4) is 0 Å². The second-order valence-electron chi connectivity index (χ2n) is 3.88. The van der Waals surface area contributed by atoms with Crippen molar-refractivity contribution < 1.29 is 4.74 Å². The lowest BCUT2D eigenvalue weighted by atomic mass is 10.1. The molecule has 0 aliphatic heterocycles. The van der Waals surface area contributed by atoms with Gasteiger partial charge in [-0.2, -0.15) is 0 Å². The van der Waals surface area contributed by atoms with E-state index in [1.165, 1.54) is 16.7 Å². The molecule has 0 unspecified atom stereocenters. The third-order valence-corrected chi connectivity index (χ3v) is 2.63. The lowest BCUT2D eigenvalue weighted by Gasteiger charge is -2.13. The number of benzene rings is 1. The Hall–Kier alpha value is -1.46. The summed E-state index contributed by atoms with van der Waals surface area (Å²) in [5, 5.41) is 3.10. The molecule has 86 valence electrons. The summed E-state index contributed by atoms with van der Waals surface area (Å²) in [4.78, 5) is 0. The number of rotatable bonds is 5. The minimum absolute atomic E-state index is 0.592. The van der Waals surface area contributed by atoms with Gasteiger partial charge in [-0.05, 0) is 37.5 Å². The summed E-state index contributed by atoms with van der Waals surface area (Å²) in [6, 6.07) is 4.21. The van der Waals surface area contributed by atoms with E-state index in [1.54, 1.807) is 0 Å². The molecule has 0 saturated heterocycles. The molecule has 2 heteroatoms. The van der Waals surface area contributed by atoms with E-state index in [-0.39, 0.29) is 0 Å². The summed E-state index contributed by atoms with van der Waals surface area (Å²) in [6.45, 7) is 8.26. The molecule has 0 aliphatic rings. The zero-order chi connectivity index (χ0) is 12.0. The van der Waals surface area contributed by atoms with Gasteiger partial charge in [-0.3, -0.25) is 0 Å². The van der Waals surface area contributed by atoms with E-state index in [2.05, 4.69) is 44.1 Å². The summed E-state index contributed by atoms with van der Waals surface area (Å²) in [6.07, 6.45) is 5.14. The quantitative estimate of drug-likeness (QED) is 0.603. The third kappa shape index (κ3) is 3.29. The van der Waals surface area contributed by atoms with Crippen LogP contribution in [0, 0.1) is 33.1 Å². The zero-order valence-electron chi connectivity index (χ0n) is 10.3. The highest BCUT2D eigenvalue weighted by atomic mass is 16.5. The van der Waals surface area contributed by atoms with Gasteiger partial charge in [0.05, 0.1) is 6.54 Å². The first kappa shape index (κ1) is 12.6. The Morgan fingerprint density at radius 3 is 2.62 bits per heavy atom. The number of nitrogens with one attached hydrogen (secondary N) is 1. The average molecular weight is 217 g/mol. The van der Waals surface area contributed by atoms with Crippen molar-refractivity contribution >= 4 is 0 Å². The standard InChI is InChI=1S/C14H19NO/c1-5-8-15-9-10-16-14-12(3)7-6-11(2)13(14)4/h1,6-7,15H,8-10H2,2-4H3. The Kier molecular flexibility index (Phi) is 4.88. The van der Waals surface area contributed by atoms with Crippen molar-refractivity contribution in [2.45, 2.75) is 20.8 Å².